The molecule has 124 valence electrons. The minimum atomic E-state index is -4.48. The van der Waals surface area contributed by atoms with Gasteiger partial charge < -0.3 is 9.80 Å². The van der Waals surface area contributed by atoms with Gasteiger partial charge in [-0.05, 0) is 12.5 Å². The molecule has 0 aromatic carbocycles. The third-order valence-corrected chi connectivity index (χ3v) is 4.47. The molecule has 1 N–H and O–H groups in total. The van der Waals surface area contributed by atoms with E-state index in [0.717, 1.165) is 0 Å². The van der Waals surface area contributed by atoms with Crippen molar-refractivity contribution in [3.63, 3.8) is 0 Å². The van der Waals surface area contributed by atoms with Gasteiger partial charge in [0.2, 0.25) is 10.1 Å². The number of amides is 1. The van der Waals surface area contributed by atoms with E-state index in [9.17, 15) is 18.0 Å². The number of nitrogens with one attached hydrogen (secondary N) is 1. The van der Waals surface area contributed by atoms with Gasteiger partial charge in [-0.3, -0.25) is 9.89 Å². The summed E-state index contributed by atoms with van der Waals surface area (Å²) in [6.07, 6.45) is -2.34. The number of anilines is 1. The zero-order valence-electron chi connectivity index (χ0n) is 11.9. The van der Waals surface area contributed by atoms with E-state index < -0.39 is 11.2 Å². The number of H-pyrrole nitrogens is 1. The molecule has 0 bridgehead atoms. The first-order valence-electron chi connectivity index (χ1n) is 6.89. The van der Waals surface area contributed by atoms with Gasteiger partial charge in [0.25, 0.3) is 5.91 Å². The molecule has 0 radical (unpaired) electrons. The summed E-state index contributed by atoms with van der Waals surface area (Å²) in [6, 6.07) is 1.59. The third kappa shape index (κ3) is 3.44. The van der Waals surface area contributed by atoms with E-state index in [-0.39, 0.29) is 11.0 Å². The van der Waals surface area contributed by atoms with Crippen molar-refractivity contribution in [3.05, 3.63) is 23.0 Å². The molecule has 1 aliphatic rings. The molecule has 1 amide bonds. The molecule has 23 heavy (non-hydrogen) atoms. The fraction of sp³-hybridized carbons (Fsp3) is 0.500. The normalized spacial score (nSPS) is 16.5. The summed E-state index contributed by atoms with van der Waals surface area (Å²) in [5.41, 5.74) is 0.397. The van der Waals surface area contributed by atoms with Crippen molar-refractivity contribution >= 4 is 22.4 Å². The first-order chi connectivity index (χ1) is 10.9. The van der Waals surface area contributed by atoms with E-state index in [0.29, 0.717) is 49.6 Å². The van der Waals surface area contributed by atoms with Crippen molar-refractivity contribution in [1.82, 2.24) is 25.3 Å². The molecule has 7 nitrogen and oxygen atoms in total. The van der Waals surface area contributed by atoms with Crippen LogP contribution in [0.1, 0.15) is 21.9 Å². The number of hydrogen-bond donors (Lipinski definition) is 1. The highest BCUT2D eigenvalue weighted by Crippen LogP contribution is 2.34. The van der Waals surface area contributed by atoms with Gasteiger partial charge in [0.15, 0.2) is 0 Å². The van der Waals surface area contributed by atoms with Crippen LogP contribution in [0.5, 0.6) is 0 Å². The fourth-order valence-corrected chi connectivity index (χ4v) is 3.08. The molecule has 1 aliphatic heterocycles. The highest BCUT2D eigenvalue weighted by molar-refractivity contribution is 7.15. The summed E-state index contributed by atoms with van der Waals surface area (Å²) >= 11 is 0.522. The summed E-state index contributed by atoms with van der Waals surface area (Å²) in [5.74, 6) is -0.169. The first kappa shape index (κ1) is 15.7. The molecule has 1 fully saturated rings. The second-order valence-electron chi connectivity index (χ2n) is 4.99. The van der Waals surface area contributed by atoms with Crippen molar-refractivity contribution < 1.29 is 18.0 Å². The van der Waals surface area contributed by atoms with Crippen molar-refractivity contribution in [2.75, 3.05) is 31.1 Å². The maximum atomic E-state index is 12.6. The topological polar surface area (TPSA) is 78.0 Å². The van der Waals surface area contributed by atoms with Gasteiger partial charge in [-0.15, -0.1) is 10.2 Å². The maximum absolute atomic E-state index is 12.6. The first-order valence-corrected chi connectivity index (χ1v) is 7.71. The zero-order valence-corrected chi connectivity index (χ0v) is 12.7. The highest BCUT2D eigenvalue weighted by Gasteiger charge is 2.36. The van der Waals surface area contributed by atoms with Crippen molar-refractivity contribution in [2.45, 2.75) is 12.6 Å². The van der Waals surface area contributed by atoms with E-state index >= 15 is 0 Å². The van der Waals surface area contributed by atoms with Gasteiger partial charge in [-0.25, -0.2) is 0 Å². The van der Waals surface area contributed by atoms with Gasteiger partial charge in [-0.1, -0.05) is 11.3 Å². The number of halogens is 3. The predicted octanol–water partition coefficient (Wildman–Crippen LogP) is 1.63. The standard InChI is InChI=1S/C12H13F3N6OS/c13-12(14,15)10-18-19-11(23-10)21-5-1-4-20(6-7-21)9(22)8-2-3-16-17-8/h2-3H,1,4-7H2,(H,16,17). The Kier molecular flexibility index (Phi) is 4.20. The number of hydrogen-bond acceptors (Lipinski definition) is 6. The van der Waals surface area contributed by atoms with Crippen LogP contribution in [0.4, 0.5) is 18.3 Å². The van der Waals surface area contributed by atoms with Gasteiger partial charge >= 0.3 is 6.18 Å². The van der Waals surface area contributed by atoms with Gasteiger partial charge in [0.1, 0.15) is 5.69 Å². The predicted molar refractivity (Wildman–Crippen MR) is 76.2 cm³/mol. The Balaban J connectivity index is 1.67. The molecule has 3 heterocycles. The Bertz CT molecular complexity index is 671. The number of aromatic amines is 1. The van der Waals surface area contributed by atoms with Gasteiger partial charge in [-0.2, -0.15) is 18.3 Å². The minimum absolute atomic E-state index is 0.169. The second kappa shape index (κ2) is 6.14. The van der Waals surface area contributed by atoms with Crippen LogP contribution in [-0.4, -0.2) is 57.4 Å². The van der Waals surface area contributed by atoms with Crippen LogP contribution in [0.2, 0.25) is 0 Å². The second-order valence-corrected chi connectivity index (χ2v) is 5.95. The van der Waals surface area contributed by atoms with Crippen LogP contribution < -0.4 is 4.90 Å². The lowest BCUT2D eigenvalue weighted by Crippen LogP contribution is -2.35. The number of carbonyl (C=O) groups excluding carboxylic acids is 1. The molecule has 0 aliphatic carbocycles. The molecule has 0 saturated carbocycles. The Morgan fingerprint density at radius 2 is 2.04 bits per heavy atom. The van der Waals surface area contributed by atoms with Crippen LogP contribution in [-0.2, 0) is 6.18 Å². The molecule has 1 saturated heterocycles. The van der Waals surface area contributed by atoms with Crippen LogP contribution in [0, 0.1) is 0 Å². The molecule has 2 aromatic rings. The maximum Gasteiger partial charge on any atom is 0.445 e. The molecule has 3 rings (SSSR count). The van der Waals surface area contributed by atoms with Crippen molar-refractivity contribution in [2.24, 2.45) is 0 Å². The summed E-state index contributed by atoms with van der Waals surface area (Å²) in [5, 5.41) is 12.5. The largest absolute Gasteiger partial charge is 0.445 e. The summed E-state index contributed by atoms with van der Waals surface area (Å²) < 4.78 is 37.8. The average molecular weight is 346 g/mol. The lowest BCUT2D eigenvalue weighted by Gasteiger charge is -2.20. The van der Waals surface area contributed by atoms with E-state index in [2.05, 4.69) is 20.4 Å². The Morgan fingerprint density at radius 1 is 1.22 bits per heavy atom. The van der Waals surface area contributed by atoms with E-state index in [4.69, 9.17) is 0 Å². The monoisotopic (exact) mass is 346 g/mol. The van der Waals surface area contributed by atoms with Gasteiger partial charge in [0.05, 0.1) is 0 Å². The summed E-state index contributed by atoms with van der Waals surface area (Å²) in [7, 11) is 0. The van der Waals surface area contributed by atoms with Crippen LogP contribution >= 0.6 is 11.3 Å². The summed E-state index contributed by atoms with van der Waals surface area (Å²) in [6.45, 7) is 1.86. The zero-order chi connectivity index (χ0) is 16.4. The van der Waals surface area contributed by atoms with E-state index in [1.54, 1.807) is 15.9 Å². The van der Waals surface area contributed by atoms with Crippen molar-refractivity contribution in [3.8, 4) is 0 Å². The quantitative estimate of drug-likeness (QED) is 0.894. The molecule has 0 unspecified atom stereocenters. The number of nitrogens with zero attached hydrogens (tertiary/aromatic N) is 5. The van der Waals surface area contributed by atoms with Gasteiger partial charge in [0, 0.05) is 32.4 Å². The Morgan fingerprint density at radius 3 is 2.70 bits per heavy atom. The molecule has 2 aromatic heterocycles. The molecule has 0 spiro atoms. The number of rotatable bonds is 2. The third-order valence-electron chi connectivity index (χ3n) is 3.44. The fourth-order valence-electron chi connectivity index (χ4n) is 2.32. The molecular formula is C12H13F3N6OS. The Hall–Kier alpha value is -2.17. The summed E-state index contributed by atoms with van der Waals surface area (Å²) in [4.78, 5) is 15.6. The molecular weight excluding hydrogens is 333 g/mol. The average Bonchev–Trinajstić information content (AvgIpc) is 3.14. The number of alkyl halides is 3. The number of carbonyl (C=O) groups is 1. The lowest BCUT2D eigenvalue weighted by atomic mass is 10.3. The van der Waals surface area contributed by atoms with E-state index in [1.165, 1.54) is 6.20 Å². The van der Waals surface area contributed by atoms with Crippen LogP contribution in [0.25, 0.3) is 0 Å². The molecule has 11 heteroatoms. The highest BCUT2D eigenvalue weighted by atomic mass is 32.1. The SMILES string of the molecule is O=C(c1ccn[nH]1)N1CCCN(c2nnc(C(F)(F)F)s2)CC1. The number of aromatic nitrogens is 4. The lowest BCUT2D eigenvalue weighted by molar-refractivity contribution is -0.138. The van der Waals surface area contributed by atoms with Crippen LogP contribution in [0.3, 0.4) is 0 Å². The minimum Gasteiger partial charge on any atom is -0.345 e. The Labute approximate surface area is 133 Å². The van der Waals surface area contributed by atoms with E-state index in [1.807, 2.05) is 0 Å². The van der Waals surface area contributed by atoms with Crippen molar-refractivity contribution in [1.29, 1.82) is 0 Å². The molecule has 0 atom stereocenters. The van der Waals surface area contributed by atoms with Crippen LogP contribution in [0.15, 0.2) is 12.3 Å². The smallest absolute Gasteiger partial charge is 0.345 e.